The van der Waals surface area contributed by atoms with E-state index < -0.39 is 0 Å². The fourth-order valence-corrected chi connectivity index (χ4v) is 5.76. The van der Waals surface area contributed by atoms with Crippen LogP contribution in [0.5, 0.6) is 0 Å². The lowest BCUT2D eigenvalue weighted by molar-refractivity contribution is 0.561. The number of allylic oxidation sites excluding steroid dienone is 1. The van der Waals surface area contributed by atoms with Crippen LogP contribution < -0.4 is 0 Å². The van der Waals surface area contributed by atoms with Crippen LogP contribution >= 0.6 is 23.5 Å². The Morgan fingerprint density at radius 3 is 2.54 bits per heavy atom. The van der Waals surface area contributed by atoms with E-state index in [2.05, 4.69) is 23.5 Å². The third-order valence-corrected chi connectivity index (χ3v) is 6.30. The predicted octanol–water partition coefficient (Wildman–Crippen LogP) is 3.89. The number of fused-ring (bicyclic) bond motifs is 2. The monoisotopic (exact) mass is 212 g/mol. The van der Waals surface area contributed by atoms with Gasteiger partial charge in [-0.25, -0.2) is 0 Å². The van der Waals surface area contributed by atoms with E-state index in [0.717, 1.165) is 11.8 Å². The van der Waals surface area contributed by atoms with Crippen LogP contribution in [0, 0.1) is 11.8 Å². The van der Waals surface area contributed by atoms with Crippen LogP contribution in [0.1, 0.15) is 32.1 Å². The molecule has 2 saturated carbocycles. The molecule has 3 aliphatic rings. The molecule has 1 heterocycles. The Balaban J connectivity index is 1.82. The predicted molar refractivity (Wildman–Crippen MR) is 62.0 cm³/mol. The molecule has 13 heavy (non-hydrogen) atoms. The molecule has 2 aliphatic carbocycles. The van der Waals surface area contributed by atoms with Gasteiger partial charge in [0.25, 0.3) is 0 Å². The lowest BCUT2D eigenvalue weighted by atomic mass is 9.96. The maximum Gasteiger partial charge on any atom is 0.0395 e. The molecule has 0 radical (unpaired) electrons. The van der Waals surface area contributed by atoms with Crippen molar-refractivity contribution < 1.29 is 0 Å². The van der Waals surface area contributed by atoms with Gasteiger partial charge in [-0.2, -0.15) is 0 Å². The molecule has 2 unspecified atom stereocenters. The highest BCUT2D eigenvalue weighted by Gasteiger charge is 2.37. The molecule has 2 bridgehead atoms. The van der Waals surface area contributed by atoms with Gasteiger partial charge in [0.15, 0.2) is 0 Å². The Labute approximate surface area is 88.9 Å². The van der Waals surface area contributed by atoms with Gasteiger partial charge in [-0.15, -0.1) is 23.5 Å². The summed E-state index contributed by atoms with van der Waals surface area (Å²) < 4.78 is 1.73. The largest absolute Gasteiger partial charge is 0.119 e. The average Bonchev–Trinajstić information content (AvgIpc) is 2.80. The van der Waals surface area contributed by atoms with Crippen molar-refractivity contribution in [1.82, 2.24) is 0 Å². The summed E-state index contributed by atoms with van der Waals surface area (Å²) in [6.45, 7) is 0. The smallest absolute Gasteiger partial charge is 0.0395 e. The lowest BCUT2D eigenvalue weighted by Crippen LogP contribution is -2.02. The molecule has 0 N–H and O–H groups in total. The van der Waals surface area contributed by atoms with E-state index in [0.29, 0.717) is 0 Å². The first-order valence-electron chi connectivity index (χ1n) is 5.42. The number of hydrogen-bond acceptors (Lipinski definition) is 2. The molecule has 2 heteroatoms. The number of hydrogen-bond donors (Lipinski definition) is 0. The second-order valence-corrected chi connectivity index (χ2v) is 6.91. The van der Waals surface area contributed by atoms with Gasteiger partial charge in [0, 0.05) is 4.24 Å². The lowest BCUT2D eigenvalue weighted by Gasteiger charge is -2.21. The molecule has 3 fully saturated rings. The Bertz CT molecular complexity index is 236. The molecule has 0 amide bonds. The van der Waals surface area contributed by atoms with Crippen molar-refractivity contribution in [1.29, 1.82) is 0 Å². The Kier molecular flexibility index (Phi) is 2.38. The van der Waals surface area contributed by atoms with Crippen molar-refractivity contribution in [2.45, 2.75) is 32.1 Å². The van der Waals surface area contributed by atoms with Gasteiger partial charge in [-0.05, 0) is 61.0 Å². The SMILES string of the molecule is C1CSC(=C2CC3CCC2C3)SC1. The van der Waals surface area contributed by atoms with E-state index in [1.807, 2.05) is 5.57 Å². The van der Waals surface area contributed by atoms with Crippen LogP contribution in [-0.4, -0.2) is 11.5 Å². The summed E-state index contributed by atoms with van der Waals surface area (Å²) >= 11 is 4.29. The molecule has 0 aromatic rings. The van der Waals surface area contributed by atoms with E-state index in [1.165, 1.54) is 43.6 Å². The van der Waals surface area contributed by atoms with Crippen molar-refractivity contribution in [3.8, 4) is 0 Å². The molecule has 0 nitrogen and oxygen atoms in total. The first kappa shape index (κ1) is 8.72. The van der Waals surface area contributed by atoms with E-state index in [4.69, 9.17) is 0 Å². The van der Waals surface area contributed by atoms with Gasteiger partial charge in [0.05, 0.1) is 0 Å². The molecule has 2 atom stereocenters. The van der Waals surface area contributed by atoms with Gasteiger partial charge >= 0.3 is 0 Å². The number of rotatable bonds is 0. The van der Waals surface area contributed by atoms with Crippen molar-refractivity contribution in [2.24, 2.45) is 11.8 Å². The molecular weight excluding hydrogens is 196 g/mol. The van der Waals surface area contributed by atoms with Crippen LogP contribution in [0.3, 0.4) is 0 Å². The fraction of sp³-hybridized carbons (Fsp3) is 0.818. The van der Waals surface area contributed by atoms with E-state index in [-0.39, 0.29) is 0 Å². The summed E-state index contributed by atoms with van der Waals surface area (Å²) in [6.07, 6.45) is 7.43. The van der Waals surface area contributed by atoms with Crippen LogP contribution in [0.15, 0.2) is 9.81 Å². The summed E-state index contributed by atoms with van der Waals surface area (Å²) in [6, 6.07) is 0. The topological polar surface area (TPSA) is 0 Å². The second kappa shape index (κ2) is 3.54. The minimum Gasteiger partial charge on any atom is -0.119 e. The standard InChI is InChI=1S/C11H16S2/c1-4-12-11(13-5-1)10-7-8-2-3-9(10)6-8/h8-9H,1-7H2. The molecule has 1 aliphatic heterocycles. The highest BCUT2D eigenvalue weighted by Crippen LogP contribution is 2.53. The van der Waals surface area contributed by atoms with Crippen LogP contribution in [-0.2, 0) is 0 Å². The Morgan fingerprint density at radius 1 is 1.08 bits per heavy atom. The van der Waals surface area contributed by atoms with Gasteiger partial charge in [-0.3, -0.25) is 0 Å². The summed E-state index contributed by atoms with van der Waals surface area (Å²) in [5.74, 6) is 4.85. The molecule has 0 aromatic heterocycles. The van der Waals surface area contributed by atoms with Crippen LogP contribution in [0.2, 0.25) is 0 Å². The van der Waals surface area contributed by atoms with Crippen LogP contribution in [0.4, 0.5) is 0 Å². The van der Waals surface area contributed by atoms with E-state index in [9.17, 15) is 0 Å². The normalized spacial score (nSPS) is 38.8. The molecular formula is C11H16S2. The van der Waals surface area contributed by atoms with Gasteiger partial charge < -0.3 is 0 Å². The first-order chi connectivity index (χ1) is 6.43. The summed E-state index contributed by atoms with van der Waals surface area (Å²) in [7, 11) is 0. The van der Waals surface area contributed by atoms with Crippen molar-refractivity contribution in [3.05, 3.63) is 9.81 Å². The fourth-order valence-electron chi connectivity index (χ4n) is 2.92. The van der Waals surface area contributed by atoms with E-state index >= 15 is 0 Å². The van der Waals surface area contributed by atoms with E-state index in [1.54, 1.807) is 4.24 Å². The van der Waals surface area contributed by atoms with Gasteiger partial charge in [-0.1, -0.05) is 0 Å². The zero-order valence-electron chi connectivity index (χ0n) is 7.92. The highest BCUT2D eigenvalue weighted by molar-refractivity contribution is 8.22. The summed E-state index contributed by atoms with van der Waals surface area (Å²) in [4.78, 5) is 0. The second-order valence-electron chi connectivity index (χ2n) is 4.44. The van der Waals surface area contributed by atoms with Gasteiger partial charge in [0.2, 0.25) is 0 Å². The highest BCUT2D eigenvalue weighted by atomic mass is 32.2. The quantitative estimate of drug-likeness (QED) is 0.597. The molecule has 3 rings (SSSR count). The third kappa shape index (κ3) is 1.56. The maximum atomic E-state index is 2.14. The summed E-state index contributed by atoms with van der Waals surface area (Å²) in [5.41, 5.74) is 1.87. The maximum absolute atomic E-state index is 2.14. The summed E-state index contributed by atoms with van der Waals surface area (Å²) in [5, 5.41) is 0. The minimum absolute atomic E-state index is 1.01. The molecule has 72 valence electrons. The van der Waals surface area contributed by atoms with Crippen LogP contribution in [0.25, 0.3) is 0 Å². The third-order valence-electron chi connectivity index (χ3n) is 3.56. The van der Waals surface area contributed by atoms with Crippen molar-refractivity contribution in [3.63, 3.8) is 0 Å². The zero-order valence-corrected chi connectivity index (χ0v) is 9.55. The van der Waals surface area contributed by atoms with Crippen molar-refractivity contribution in [2.75, 3.05) is 11.5 Å². The minimum atomic E-state index is 1.01. The van der Waals surface area contributed by atoms with Crippen molar-refractivity contribution >= 4 is 23.5 Å². The molecule has 1 saturated heterocycles. The number of thioether (sulfide) groups is 2. The molecule has 0 spiro atoms. The Morgan fingerprint density at radius 2 is 1.92 bits per heavy atom. The first-order valence-corrected chi connectivity index (χ1v) is 7.39. The average molecular weight is 212 g/mol. The Hall–Kier alpha value is 0.440. The van der Waals surface area contributed by atoms with Gasteiger partial charge in [0.1, 0.15) is 0 Å². The zero-order chi connectivity index (χ0) is 8.67. The molecule has 0 aromatic carbocycles.